The van der Waals surface area contributed by atoms with Crippen molar-refractivity contribution in [2.45, 2.75) is 32.0 Å². The summed E-state index contributed by atoms with van der Waals surface area (Å²) in [5, 5.41) is 0. The Hall–Kier alpha value is 0.411. The zero-order chi connectivity index (χ0) is 8.32. The highest BCUT2D eigenvalue weighted by atomic mass is 29.6. The normalized spacial score (nSPS) is 28.0. The molecule has 0 aromatic rings. The highest BCUT2D eigenvalue weighted by molar-refractivity contribution is 7.44. The molecule has 0 amide bonds. The van der Waals surface area contributed by atoms with E-state index < -0.39 is 24.6 Å². The van der Waals surface area contributed by atoms with E-state index >= 15 is 0 Å². The second kappa shape index (κ2) is 3.88. The molecule has 64 valence electrons. The molecule has 5 heteroatoms. The van der Waals surface area contributed by atoms with Gasteiger partial charge in [0.2, 0.25) is 9.28 Å². The van der Waals surface area contributed by atoms with Crippen LogP contribution in [0.3, 0.4) is 0 Å². The van der Waals surface area contributed by atoms with Crippen LogP contribution in [-0.2, 0) is 8.89 Å². The Kier molecular flexibility index (Phi) is 3.35. The Bertz CT molecular complexity index is 158. The monoisotopic (exact) mass is 204 g/mol. The van der Waals surface area contributed by atoms with E-state index in [1.807, 2.05) is 0 Å². The molecule has 0 aliphatic carbocycles. The summed E-state index contributed by atoms with van der Waals surface area (Å²) < 4.78 is 17.1. The molecular weight excluding hydrogens is 188 g/mol. The molecule has 0 unspecified atom stereocenters. The summed E-state index contributed by atoms with van der Waals surface area (Å²) in [6, 6.07) is 1.27. The zero-order valence-electron chi connectivity index (χ0n) is 7.35. The van der Waals surface area contributed by atoms with E-state index in [1.54, 1.807) is 0 Å². The first-order chi connectivity index (χ1) is 5.13. The summed E-state index contributed by atoms with van der Waals surface area (Å²) in [5.74, 6) is 0. The molecule has 0 N–H and O–H groups in total. The summed E-state index contributed by atoms with van der Waals surface area (Å²) in [5.41, 5.74) is 0. The highest BCUT2D eigenvalue weighted by Crippen LogP contribution is 2.15. The topological polar surface area (TPSA) is 26.3 Å². The number of hydrogen-bond donors (Lipinski definition) is 0. The largest absolute Gasteiger partial charge is 0.420 e. The van der Waals surface area contributed by atoms with Crippen molar-refractivity contribution in [2.24, 2.45) is 0 Å². The van der Waals surface area contributed by atoms with Gasteiger partial charge in [-0.2, -0.15) is 0 Å². The molecule has 0 saturated carbocycles. The molecule has 1 rings (SSSR count). The third-order valence-electron chi connectivity index (χ3n) is 2.33. The second-order valence-electron chi connectivity index (χ2n) is 3.82. The van der Waals surface area contributed by atoms with Crippen molar-refractivity contribution < 1.29 is 8.89 Å². The maximum absolute atomic E-state index is 11.7. The molecule has 0 bridgehead atoms. The fourth-order valence-corrected chi connectivity index (χ4v) is 13.2. The van der Waals surface area contributed by atoms with Crippen LogP contribution in [0.15, 0.2) is 0 Å². The van der Waals surface area contributed by atoms with Gasteiger partial charge < -0.3 is 8.89 Å². The van der Waals surface area contributed by atoms with Crippen molar-refractivity contribution in [3.63, 3.8) is 0 Å². The van der Waals surface area contributed by atoms with Crippen LogP contribution in [0.5, 0.6) is 0 Å². The molecule has 0 atom stereocenters. The number of hydrogen-bond acceptors (Lipinski definition) is 2. The van der Waals surface area contributed by atoms with Gasteiger partial charge in [0, 0.05) is 6.61 Å². The molecule has 1 aliphatic heterocycles. The van der Waals surface area contributed by atoms with E-state index in [1.165, 1.54) is 18.9 Å². The summed E-state index contributed by atoms with van der Waals surface area (Å²) in [4.78, 5) is 0. The van der Waals surface area contributed by atoms with Crippen LogP contribution in [0.4, 0.5) is 0 Å². The van der Waals surface area contributed by atoms with Gasteiger partial charge in [-0.1, -0.05) is 25.6 Å². The highest BCUT2D eigenvalue weighted by Gasteiger charge is 2.32. The molecule has 0 aromatic carbocycles. The molecular formula is C6H16O2Si3. The average molecular weight is 204 g/mol. The van der Waals surface area contributed by atoms with E-state index in [0.717, 1.165) is 6.61 Å². The molecule has 1 heterocycles. The predicted molar refractivity (Wildman–Crippen MR) is 52.5 cm³/mol. The van der Waals surface area contributed by atoms with Crippen molar-refractivity contribution in [1.29, 1.82) is 0 Å². The van der Waals surface area contributed by atoms with Crippen LogP contribution in [0, 0.1) is 0 Å². The van der Waals surface area contributed by atoms with Gasteiger partial charge >= 0.3 is 0 Å². The van der Waals surface area contributed by atoms with Gasteiger partial charge in [0.15, 0.2) is 0 Å². The maximum atomic E-state index is 11.7. The van der Waals surface area contributed by atoms with Crippen LogP contribution >= 0.6 is 0 Å². The Balaban J connectivity index is 2.54. The first-order valence-corrected chi connectivity index (χ1v) is 12.8. The van der Waals surface area contributed by atoms with Crippen LogP contribution < -0.4 is 0 Å². The quantitative estimate of drug-likeness (QED) is 0.540. The van der Waals surface area contributed by atoms with E-state index in [4.69, 9.17) is 4.43 Å². The molecule has 1 fully saturated rings. The lowest BCUT2D eigenvalue weighted by molar-refractivity contribution is 0.331. The third-order valence-corrected chi connectivity index (χ3v) is 22.8. The lowest BCUT2D eigenvalue weighted by atomic mass is 10.4. The Morgan fingerprint density at radius 2 is 2.18 bits per heavy atom. The summed E-state index contributed by atoms with van der Waals surface area (Å²) >= 11 is 0. The van der Waals surface area contributed by atoms with E-state index in [9.17, 15) is 4.46 Å². The Labute approximate surface area is 72.5 Å². The van der Waals surface area contributed by atoms with Gasteiger partial charge in [0.1, 0.15) is 7.59 Å². The van der Waals surface area contributed by atoms with Crippen LogP contribution in [0.1, 0.15) is 12.8 Å². The van der Waals surface area contributed by atoms with Crippen LogP contribution in [-0.4, -0.2) is 31.2 Å². The van der Waals surface area contributed by atoms with Crippen molar-refractivity contribution in [1.82, 2.24) is 0 Å². The molecule has 1 saturated heterocycles. The van der Waals surface area contributed by atoms with E-state index in [-0.39, 0.29) is 0 Å². The van der Waals surface area contributed by atoms with E-state index in [2.05, 4.69) is 13.1 Å². The van der Waals surface area contributed by atoms with E-state index in [0.29, 0.717) is 0 Å². The lowest BCUT2D eigenvalue weighted by Gasteiger charge is -2.21. The molecule has 0 spiro atoms. The fraction of sp³-hybridized carbons (Fsp3) is 1.00. The Morgan fingerprint density at radius 1 is 1.45 bits per heavy atom. The predicted octanol–water partition coefficient (Wildman–Crippen LogP) is 0.586. The van der Waals surface area contributed by atoms with Crippen molar-refractivity contribution in [3.8, 4) is 0 Å². The van der Waals surface area contributed by atoms with Crippen molar-refractivity contribution in [2.75, 3.05) is 6.61 Å². The molecule has 2 nitrogen and oxygen atoms in total. The van der Waals surface area contributed by atoms with Gasteiger partial charge in [-0.05, 0) is 6.42 Å². The Morgan fingerprint density at radius 3 is 2.91 bits per heavy atom. The SMILES string of the molecule is C[Si]1(C)CCCCO[SiH2][Si]1=O. The average Bonchev–Trinajstić information content (AvgIpc) is 1.93. The fourth-order valence-electron chi connectivity index (χ4n) is 1.27. The minimum absolute atomic E-state index is 0.620. The van der Waals surface area contributed by atoms with Crippen molar-refractivity contribution >= 4 is 24.6 Å². The summed E-state index contributed by atoms with van der Waals surface area (Å²) in [6.07, 6.45) is 2.43. The van der Waals surface area contributed by atoms with Crippen molar-refractivity contribution in [3.05, 3.63) is 0 Å². The first-order valence-electron chi connectivity index (χ1n) is 4.24. The molecule has 0 radical (unpaired) electrons. The van der Waals surface area contributed by atoms with Gasteiger partial charge in [0.05, 0.1) is 0 Å². The van der Waals surface area contributed by atoms with Gasteiger partial charge in [-0.3, -0.25) is 0 Å². The minimum atomic E-state index is -1.29. The van der Waals surface area contributed by atoms with Gasteiger partial charge in [0.25, 0.3) is 7.72 Å². The van der Waals surface area contributed by atoms with Gasteiger partial charge in [-0.25, -0.2) is 0 Å². The minimum Gasteiger partial charge on any atom is -0.420 e. The first kappa shape index (κ1) is 9.50. The molecule has 0 aromatic heterocycles. The smallest absolute Gasteiger partial charge is 0.262 e. The number of rotatable bonds is 0. The molecule has 11 heavy (non-hydrogen) atoms. The third kappa shape index (κ3) is 2.73. The zero-order valence-corrected chi connectivity index (χ0v) is 10.8. The van der Waals surface area contributed by atoms with Crippen LogP contribution in [0.25, 0.3) is 0 Å². The second-order valence-corrected chi connectivity index (χ2v) is 20.3. The van der Waals surface area contributed by atoms with Crippen LogP contribution in [0.2, 0.25) is 19.1 Å². The summed E-state index contributed by atoms with van der Waals surface area (Å²) in [6.45, 7) is 5.40. The maximum Gasteiger partial charge on any atom is 0.262 e. The summed E-state index contributed by atoms with van der Waals surface area (Å²) in [7, 11) is -3.14. The van der Waals surface area contributed by atoms with Gasteiger partial charge in [-0.15, -0.1) is 0 Å². The standard InChI is InChI=1S/C6H16O2Si3/c1-11(2)6-4-3-5-8-9-10(11)7/h3-6,9H2,1-2H3. The molecule has 1 aliphatic rings. The lowest BCUT2D eigenvalue weighted by Crippen LogP contribution is -2.45.